The summed E-state index contributed by atoms with van der Waals surface area (Å²) in [5.41, 5.74) is 0.449. The van der Waals surface area contributed by atoms with Crippen molar-refractivity contribution in [2.45, 2.75) is 13.3 Å². The Morgan fingerprint density at radius 3 is 2.47 bits per heavy atom. The van der Waals surface area contributed by atoms with Gasteiger partial charge in [0.2, 0.25) is 11.8 Å². The number of nitrogens with zero attached hydrogens (tertiary/aromatic N) is 3. The van der Waals surface area contributed by atoms with E-state index in [4.69, 9.17) is 4.74 Å². The molecule has 0 aliphatic carbocycles. The SMILES string of the molecule is C=CCN1C(=O)C(=O)N(CC(=O)N(CCC)CC(=O)Nc2ccccc2OC)C1=O. The van der Waals surface area contributed by atoms with Crippen LogP contribution in [0.4, 0.5) is 10.5 Å². The Kier molecular flexibility index (Phi) is 7.68. The lowest BCUT2D eigenvalue weighted by Crippen LogP contribution is -2.46. The van der Waals surface area contributed by atoms with Crippen LogP contribution in [0.3, 0.4) is 0 Å². The number of benzene rings is 1. The van der Waals surface area contributed by atoms with Crippen LogP contribution >= 0.6 is 0 Å². The summed E-state index contributed by atoms with van der Waals surface area (Å²) < 4.78 is 5.18. The number of methoxy groups -OCH3 is 1. The predicted octanol–water partition coefficient (Wildman–Crippen LogP) is 0.849. The zero-order valence-electron chi connectivity index (χ0n) is 16.9. The maximum atomic E-state index is 12.7. The third kappa shape index (κ3) is 5.02. The lowest BCUT2D eigenvalue weighted by Gasteiger charge is -2.24. The minimum atomic E-state index is -1.08. The Hall–Kier alpha value is -3.69. The predicted molar refractivity (Wildman–Crippen MR) is 108 cm³/mol. The van der Waals surface area contributed by atoms with Crippen molar-refractivity contribution < 1.29 is 28.7 Å². The average molecular weight is 416 g/mol. The van der Waals surface area contributed by atoms with Gasteiger partial charge in [-0.1, -0.05) is 25.1 Å². The lowest BCUT2D eigenvalue weighted by molar-refractivity contribution is -0.145. The quantitative estimate of drug-likeness (QED) is 0.343. The zero-order chi connectivity index (χ0) is 22.3. The normalized spacial score (nSPS) is 13.5. The van der Waals surface area contributed by atoms with E-state index in [9.17, 15) is 24.0 Å². The number of urea groups is 1. The topological polar surface area (TPSA) is 116 Å². The number of carbonyl (C=O) groups excluding carboxylic acids is 5. The largest absolute Gasteiger partial charge is 0.495 e. The second-order valence-electron chi connectivity index (χ2n) is 6.44. The van der Waals surface area contributed by atoms with Gasteiger partial charge in [-0.15, -0.1) is 6.58 Å². The number of hydrogen-bond acceptors (Lipinski definition) is 6. The van der Waals surface area contributed by atoms with Crippen molar-refractivity contribution >= 4 is 35.3 Å². The van der Waals surface area contributed by atoms with E-state index in [0.717, 1.165) is 0 Å². The molecule has 0 bridgehead atoms. The van der Waals surface area contributed by atoms with Gasteiger partial charge >= 0.3 is 17.8 Å². The van der Waals surface area contributed by atoms with E-state index >= 15 is 0 Å². The van der Waals surface area contributed by atoms with Crippen molar-refractivity contribution in [3.63, 3.8) is 0 Å². The molecule has 1 aliphatic heterocycles. The number of carbonyl (C=O) groups is 5. The van der Waals surface area contributed by atoms with Gasteiger partial charge in [0.15, 0.2) is 0 Å². The number of amides is 6. The fraction of sp³-hybridized carbons (Fsp3) is 0.350. The van der Waals surface area contributed by atoms with Gasteiger partial charge in [0.05, 0.1) is 19.3 Å². The van der Waals surface area contributed by atoms with Gasteiger partial charge in [0, 0.05) is 13.1 Å². The van der Waals surface area contributed by atoms with Crippen LogP contribution in [0.15, 0.2) is 36.9 Å². The van der Waals surface area contributed by atoms with E-state index < -0.39 is 36.2 Å². The smallest absolute Gasteiger partial charge is 0.335 e. The Morgan fingerprint density at radius 1 is 1.17 bits per heavy atom. The van der Waals surface area contributed by atoms with Crippen molar-refractivity contribution in [2.24, 2.45) is 0 Å². The Morgan fingerprint density at radius 2 is 1.83 bits per heavy atom. The molecule has 2 rings (SSSR count). The third-order valence-corrected chi connectivity index (χ3v) is 4.30. The minimum absolute atomic E-state index is 0.131. The summed E-state index contributed by atoms with van der Waals surface area (Å²) in [6, 6.07) is 5.94. The maximum absolute atomic E-state index is 12.7. The first kappa shape index (κ1) is 22.6. The zero-order valence-corrected chi connectivity index (χ0v) is 16.9. The molecule has 1 fully saturated rings. The molecule has 0 aromatic heterocycles. The van der Waals surface area contributed by atoms with E-state index in [1.807, 2.05) is 6.92 Å². The molecule has 10 heteroatoms. The summed E-state index contributed by atoms with van der Waals surface area (Å²) in [5, 5.41) is 2.67. The van der Waals surface area contributed by atoms with Crippen molar-refractivity contribution in [3.05, 3.63) is 36.9 Å². The van der Waals surface area contributed by atoms with E-state index in [2.05, 4.69) is 11.9 Å². The maximum Gasteiger partial charge on any atom is 0.335 e. The molecule has 0 unspecified atom stereocenters. The van der Waals surface area contributed by atoms with Gasteiger partial charge < -0.3 is 15.0 Å². The highest BCUT2D eigenvalue weighted by molar-refractivity contribution is 6.45. The standard InChI is InChI=1S/C20H24N4O6/c1-4-10-22(12-16(25)21-14-8-6-7-9-15(14)30-3)17(26)13-24-19(28)18(27)23(11-5-2)20(24)29/h5-9H,2,4,10-13H2,1,3H3,(H,21,25). The van der Waals surface area contributed by atoms with Crippen LogP contribution in [0.25, 0.3) is 0 Å². The highest BCUT2D eigenvalue weighted by atomic mass is 16.5. The molecule has 0 atom stereocenters. The second kappa shape index (κ2) is 10.2. The second-order valence-corrected chi connectivity index (χ2v) is 6.44. The van der Waals surface area contributed by atoms with E-state index in [-0.39, 0.29) is 19.6 Å². The van der Waals surface area contributed by atoms with Crippen molar-refractivity contribution in [3.8, 4) is 5.75 Å². The van der Waals surface area contributed by atoms with Crippen LogP contribution in [-0.2, 0) is 19.2 Å². The molecule has 1 heterocycles. The highest BCUT2D eigenvalue weighted by Crippen LogP contribution is 2.23. The number of imide groups is 2. The van der Waals surface area contributed by atoms with E-state index in [0.29, 0.717) is 27.7 Å². The summed E-state index contributed by atoms with van der Waals surface area (Å²) in [4.78, 5) is 63.9. The molecule has 1 aromatic rings. The molecular weight excluding hydrogens is 392 g/mol. The molecule has 10 nitrogen and oxygen atoms in total. The molecule has 0 saturated carbocycles. The molecule has 1 aromatic carbocycles. The Bertz CT molecular complexity index is 869. The van der Waals surface area contributed by atoms with Gasteiger partial charge in [-0.2, -0.15) is 0 Å². The molecule has 30 heavy (non-hydrogen) atoms. The van der Waals surface area contributed by atoms with Gasteiger partial charge in [0.1, 0.15) is 12.3 Å². The fourth-order valence-corrected chi connectivity index (χ4v) is 2.89. The number of nitrogens with one attached hydrogen (secondary N) is 1. The molecule has 1 N–H and O–H groups in total. The summed E-state index contributed by atoms with van der Waals surface area (Å²) in [6.45, 7) is 4.44. The van der Waals surface area contributed by atoms with Crippen LogP contribution in [0.1, 0.15) is 13.3 Å². The lowest BCUT2D eigenvalue weighted by atomic mass is 10.3. The molecule has 0 spiro atoms. The summed E-state index contributed by atoms with van der Waals surface area (Å²) in [6.07, 6.45) is 1.86. The molecule has 160 valence electrons. The van der Waals surface area contributed by atoms with E-state index in [1.54, 1.807) is 24.3 Å². The third-order valence-electron chi connectivity index (χ3n) is 4.30. The van der Waals surface area contributed by atoms with Crippen LogP contribution < -0.4 is 10.1 Å². The molecular formula is C20H24N4O6. The number of ether oxygens (including phenoxy) is 1. The summed E-state index contributed by atoms with van der Waals surface area (Å²) >= 11 is 0. The number of rotatable bonds is 10. The van der Waals surface area contributed by atoms with Crippen LogP contribution in [0.5, 0.6) is 5.75 Å². The van der Waals surface area contributed by atoms with Gasteiger partial charge in [-0.05, 0) is 18.6 Å². The molecule has 0 radical (unpaired) electrons. The average Bonchev–Trinajstić information content (AvgIpc) is 2.92. The molecule has 1 aliphatic rings. The Balaban J connectivity index is 2.06. The van der Waals surface area contributed by atoms with Crippen molar-refractivity contribution in [2.75, 3.05) is 38.6 Å². The molecule has 6 amide bonds. The van der Waals surface area contributed by atoms with Crippen molar-refractivity contribution in [1.82, 2.24) is 14.7 Å². The van der Waals surface area contributed by atoms with Gasteiger partial charge in [0.25, 0.3) is 0 Å². The minimum Gasteiger partial charge on any atom is -0.495 e. The monoisotopic (exact) mass is 416 g/mol. The number of hydrogen-bond donors (Lipinski definition) is 1. The van der Waals surface area contributed by atoms with Crippen LogP contribution in [0, 0.1) is 0 Å². The first-order valence-electron chi connectivity index (χ1n) is 9.32. The highest BCUT2D eigenvalue weighted by Gasteiger charge is 2.45. The van der Waals surface area contributed by atoms with E-state index in [1.165, 1.54) is 18.1 Å². The van der Waals surface area contributed by atoms with Crippen molar-refractivity contribution in [1.29, 1.82) is 0 Å². The van der Waals surface area contributed by atoms with Crippen LogP contribution in [-0.4, -0.2) is 77.6 Å². The summed E-state index contributed by atoms with van der Waals surface area (Å²) in [7, 11) is 1.47. The van der Waals surface area contributed by atoms with Crippen LogP contribution in [0.2, 0.25) is 0 Å². The first-order chi connectivity index (χ1) is 14.3. The summed E-state index contributed by atoms with van der Waals surface area (Å²) in [5.74, 6) is -2.71. The number of anilines is 1. The van der Waals surface area contributed by atoms with Gasteiger partial charge in [-0.25, -0.2) is 9.69 Å². The molecule has 1 saturated heterocycles. The van der Waals surface area contributed by atoms with Gasteiger partial charge in [-0.3, -0.25) is 24.1 Å². The number of para-hydroxylation sites is 2. The Labute approximate surface area is 174 Å². The first-order valence-corrected chi connectivity index (χ1v) is 9.32. The fourth-order valence-electron chi connectivity index (χ4n) is 2.89.